The van der Waals surface area contributed by atoms with E-state index in [0.29, 0.717) is 0 Å². The minimum Gasteiger partial charge on any atom is -0.461 e. The molecule has 0 radical (unpaired) electrons. The van der Waals surface area contributed by atoms with Crippen molar-refractivity contribution in [2.24, 2.45) is 0 Å². The molecule has 0 saturated heterocycles. The number of hydrogen-bond donors (Lipinski definition) is 0. The largest absolute Gasteiger partial charge is 0.461 e. The Balaban J connectivity index is 2.32. The lowest BCUT2D eigenvalue weighted by Crippen LogP contribution is -1.82. The molecule has 21 heavy (non-hydrogen) atoms. The minimum atomic E-state index is 0.926. The predicted octanol–water partition coefficient (Wildman–Crippen LogP) is 5.92. The van der Waals surface area contributed by atoms with Gasteiger partial charge in [0.15, 0.2) is 0 Å². The SMILES string of the molecule is C=C/C=C\c1c(C)oc2cccc(-c3cccc(C)c3)c12. The van der Waals surface area contributed by atoms with Crippen LogP contribution < -0.4 is 0 Å². The van der Waals surface area contributed by atoms with Crippen LogP contribution in [0, 0.1) is 13.8 Å². The van der Waals surface area contributed by atoms with Crippen molar-refractivity contribution >= 4 is 17.0 Å². The van der Waals surface area contributed by atoms with E-state index in [2.05, 4.69) is 49.9 Å². The molecule has 1 aromatic heterocycles. The summed E-state index contributed by atoms with van der Waals surface area (Å²) in [4.78, 5) is 0. The summed E-state index contributed by atoms with van der Waals surface area (Å²) in [6.07, 6.45) is 5.80. The summed E-state index contributed by atoms with van der Waals surface area (Å²) >= 11 is 0. The van der Waals surface area contributed by atoms with Crippen molar-refractivity contribution in [2.45, 2.75) is 13.8 Å². The first-order valence-corrected chi connectivity index (χ1v) is 7.09. The molecule has 3 aromatic rings. The Morgan fingerprint density at radius 3 is 2.62 bits per heavy atom. The van der Waals surface area contributed by atoms with Gasteiger partial charge in [-0.3, -0.25) is 0 Å². The maximum Gasteiger partial charge on any atom is 0.135 e. The summed E-state index contributed by atoms with van der Waals surface area (Å²) < 4.78 is 5.90. The molecular weight excluding hydrogens is 256 g/mol. The lowest BCUT2D eigenvalue weighted by molar-refractivity contribution is 0.577. The van der Waals surface area contributed by atoms with Crippen molar-refractivity contribution in [3.05, 3.63) is 78.1 Å². The fourth-order valence-electron chi connectivity index (χ4n) is 2.71. The Morgan fingerprint density at radius 1 is 1.05 bits per heavy atom. The number of allylic oxidation sites excluding steroid dienone is 2. The molecule has 1 nitrogen and oxygen atoms in total. The number of rotatable bonds is 3. The van der Waals surface area contributed by atoms with Crippen LogP contribution in [-0.2, 0) is 0 Å². The highest BCUT2D eigenvalue weighted by molar-refractivity contribution is 6.00. The Morgan fingerprint density at radius 2 is 1.86 bits per heavy atom. The molecular formula is C20H18O. The molecule has 0 aliphatic carbocycles. The fraction of sp³-hybridized carbons (Fsp3) is 0.100. The molecule has 0 N–H and O–H groups in total. The molecule has 0 atom stereocenters. The average Bonchev–Trinajstić information content (AvgIpc) is 2.80. The molecule has 0 amide bonds. The molecule has 0 spiro atoms. The Hall–Kier alpha value is -2.54. The zero-order valence-electron chi connectivity index (χ0n) is 12.4. The molecule has 0 fully saturated rings. The van der Waals surface area contributed by atoms with Crippen molar-refractivity contribution in [2.75, 3.05) is 0 Å². The number of fused-ring (bicyclic) bond motifs is 1. The van der Waals surface area contributed by atoms with Gasteiger partial charge in [0.05, 0.1) is 0 Å². The Bertz CT molecular complexity index is 834. The zero-order chi connectivity index (χ0) is 14.8. The monoisotopic (exact) mass is 274 g/mol. The van der Waals surface area contributed by atoms with Crippen molar-refractivity contribution in [1.29, 1.82) is 0 Å². The van der Waals surface area contributed by atoms with Crippen LogP contribution in [0.1, 0.15) is 16.9 Å². The van der Waals surface area contributed by atoms with Gasteiger partial charge in [0.1, 0.15) is 11.3 Å². The van der Waals surface area contributed by atoms with Gasteiger partial charge >= 0.3 is 0 Å². The smallest absolute Gasteiger partial charge is 0.135 e. The van der Waals surface area contributed by atoms with E-state index in [-0.39, 0.29) is 0 Å². The van der Waals surface area contributed by atoms with Crippen LogP contribution in [0.5, 0.6) is 0 Å². The third kappa shape index (κ3) is 2.43. The van der Waals surface area contributed by atoms with Gasteiger partial charge in [-0.25, -0.2) is 0 Å². The normalized spacial score (nSPS) is 11.3. The van der Waals surface area contributed by atoms with Gasteiger partial charge in [-0.2, -0.15) is 0 Å². The van der Waals surface area contributed by atoms with E-state index in [4.69, 9.17) is 4.42 Å². The van der Waals surface area contributed by atoms with Crippen molar-refractivity contribution in [1.82, 2.24) is 0 Å². The van der Waals surface area contributed by atoms with Crippen LogP contribution in [0.2, 0.25) is 0 Å². The Kier molecular flexibility index (Phi) is 3.49. The van der Waals surface area contributed by atoms with Gasteiger partial charge in [0.2, 0.25) is 0 Å². The molecule has 0 aliphatic rings. The summed E-state index contributed by atoms with van der Waals surface area (Å²) in [5, 5.41) is 1.17. The third-order valence-electron chi connectivity index (χ3n) is 3.67. The topological polar surface area (TPSA) is 13.1 Å². The van der Waals surface area contributed by atoms with E-state index in [1.807, 2.05) is 25.1 Å². The summed E-state index contributed by atoms with van der Waals surface area (Å²) in [6, 6.07) is 14.8. The molecule has 3 rings (SSSR count). The summed E-state index contributed by atoms with van der Waals surface area (Å²) in [5.41, 5.74) is 5.73. The van der Waals surface area contributed by atoms with E-state index in [1.165, 1.54) is 22.1 Å². The second kappa shape index (κ2) is 5.45. The molecule has 0 unspecified atom stereocenters. The average molecular weight is 274 g/mol. The van der Waals surface area contributed by atoms with Gasteiger partial charge in [0, 0.05) is 10.9 Å². The minimum absolute atomic E-state index is 0.926. The number of aryl methyl sites for hydroxylation is 2. The molecule has 104 valence electrons. The van der Waals surface area contributed by atoms with E-state index in [0.717, 1.165) is 16.9 Å². The van der Waals surface area contributed by atoms with Gasteiger partial charge in [-0.05, 0) is 31.0 Å². The maximum absolute atomic E-state index is 5.90. The molecule has 0 saturated carbocycles. The van der Waals surface area contributed by atoms with E-state index in [9.17, 15) is 0 Å². The second-order valence-corrected chi connectivity index (χ2v) is 5.21. The highest BCUT2D eigenvalue weighted by Gasteiger charge is 2.13. The van der Waals surface area contributed by atoms with Gasteiger partial charge in [0.25, 0.3) is 0 Å². The van der Waals surface area contributed by atoms with Crippen LogP contribution in [0.25, 0.3) is 28.2 Å². The number of hydrogen-bond acceptors (Lipinski definition) is 1. The van der Waals surface area contributed by atoms with Gasteiger partial charge in [-0.1, -0.05) is 66.8 Å². The number of benzene rings is 2. The van der Waals surface area contributed by atoms with Crippen LogP contribution in [0.3, 0.4) is 0 Å². The zero-order valence-corrected chi connectivity index (χ0v) is 12.4. The highest BCUT2D eigenvalue weighted by atomic mass is 16.3. The fourth-order valence-corrected chi connectivity index (χ4v) is 2.71. The van der Waals surface area contributed by atoms with Crippen LogP contribution >= 0.6 is 0 Å². The lowest BCUT2D eigenvalue weighted by atomic mass is 9.97. The van der Waals surface area contributed by atoms with Crippen LogP contribution in [-0.4, -0.2) is 0 Å². The Labute approximate surface area is 125 Å². The molecule has 1 heteroatoms. The van der Waals surface area contributed by atoms with Crippen LogP contribution in [0.4, 0.5) is 0 Å². The summed E-state index contributed by atoms with van der Waals surface area (Å²) in [6.45, 7) is 7.86. The second-order valence-electron chi connectivity index (χ2n) is 5.21. The summed E-state index contributed by atoms with van der Waals surface area (Å²) in [5.74, 6) is 0.934. The number of furan rings is 1. The third-order valence-corrected chi connectivity index (χ3v) is 3.67. The quantitative estimate of drug-likeness (QED) is 0.541. The lowest BCUT2D eigenvalue weighted by Gasteiger charge is -2.05. The van der Waals surface area contributed by atoms with Crippen molar-refractivity contribution in [3.8, 4) is 11.1 Å². The first kappa shape index (κ1) is 13.4. The standard InChI is InChI=1S/C20H18O/c1-4-5-10-17-15(3)21-19-12-7-11-18(20(17)19)16-9-6-8-14(2)13-16/h4-13H,1H2,2-3H3/b10-5-. The van der Waals surface area contributed by atoms with Crippen molar-refractivity contribution in [3.63, 3.8) is 0 Å². The molecule has 0 bridgehead atoms. The first-order valence-electron chi connectivity index (χ1n) is 7.09. The molecule has 0 aliphatic heterocycles. The van der Waals surface area contributed by atoms with E-state index < -0.39 is 0 Å². The van der Waals surface area contributed by atoms with E-state index >= 15 is 0 Å². The molecule has 1 heterocycles. The van der Waals surface area contributed by atoms with E-state index in [1.54, 1.807) is 6.08 Å². The van der Waals surface area contributed by atoms with Gasteiger partial charge < -0.3 is 4.42 Å². The maximum atomic E-state index is 5.90. The summed E-state index contributed by atoms with van der Waals surface area (Å²) in [7, 11) is 0. The highest BCUT2D eigenvalue weighted by Crippen LogP contribution is 2.35. The van der Waals surface area contributed by atoms with Gasteiger partial charge in [-0.15, -0.1) is 0 Å². The van der Waals surface area contributed by atoms with Crippen molar-refractivity contribution < 1.29 is 4.42 Å². The predicted molar refractivity (Wildman–Crippen MR) is 90.4 cm³/mol. The first-order chi connectivity index (χ1) is 10.2. The molecule has 2 aromatic carbocycles. The van der Waals surface area contributed by atoms with Crippen LogP contribution in [0.15, 0.2) is 65.6 Å².